The zero-order valence-corrected chi connectivity index (χ0v) is 13.3. The molecule has 20 heavy (non-hydrogen) atoms. The standard InChI is InChI=1S/C14H18BrNO4/c1-4-7-16-13(17)9(2)20-14(18)11-8-10(19-3)5-6-12(11)15/h5-6,8-9H,4,7H2,1-3H3,(H,16,17)/t9-/m0/s1. The molecule has 5 nitrogen and oxygen atoms in total. The lowest BCUT2D eigenvalue weighted by atomic mass is 10.2. The Bertz CT molecular complexity index is 490. The monoisotopic (exact) mass is 343 g/mol. The maximum atomic E-state index is 12.0. The third kappa shape index (κ3) is 4.52. The fourth-order valence-electron chi connectivity index (χ4n) is 1.46. The number of halogens is 1. The molecule has 0 saturated carbocycles. The Morgan fingerprint density at radius 2 is 2.10 bits per heavy atom. The second-order valence-electron chi connectivity index (χ2n) is 4.18. The molecule has 1 N–H and O–H groups in total. The van der Waals surface area contributed by atoms with Crippen molar-refractivity contribution in [3.8, 4) is 5.75 Å². The summed E-state index contributed by atoms with van der Waals surface area (Å²) >= 11 is 3.27. The zero-order chi connectivity index (χ0) is 15.1. The maximum absolute atomic E-state index is 12.0. The van der Waals surface area contributed by atoms with Crippen LogP contribution < -0.4 is 10.1 Å². The molecule has 0 heterocycles. The van der Waals surface area contributed by atoms with Crippen molar-refractivity contribution in [2.45, 2.75) is 26.4 Å². The van der Waals surface area contributed by atoms with E-state index in [1.54, 1.807) is 18.2 Å². The van der Waals surface area contributed by atoms with Crippen LogP contribution in [0.4, 0.5) is 0 Å². The molecule has 0 saturated heterocycles. The molecule has 6 heteroatoms. The number of amides is 1. The van der Waals surface area contributed by atoms with Gasteiger partial charge in [0.15, 0.2) is 6.10 Å². The Morgan fingerprint density at radius 1 is 1.40 bits per heavy atom. The second-order valence-corrected chi connectivity index (χ2v) is 5.04. The maximum Gasteiger partial charge on any atom is 0.340 e. The first-order valence-electron chi connectivity index (χ1n) is 6.31. The van der Waals surface area contributed by atoms with Crippen LogP contribution in [0.1, 0.15) is 30.6 Å². The molecular formula is C14H18BrNO4. The first-order chi connectivity index (χ1) is 9.49. The van der Waals surface area contributed by atoms with Gasteiger partial charge < -0.3 is 14.8 Å². The molecule has 0 aliphatic rings. The number of nitrogens with one attached hydrogen (secondary N) is 1. The number of esters is 1. The van der Waals surface area contributed by atoms with Gasteiger partial charge in [0.1, 0.15) is 5.75 Å². The molecule has 110 valence electrons. The van der Waals surface area contributed by atoms with Gasteiger partial charge in [-0.1, -0.05) is 6.92 Å². The fraction of sp³-hybridized carbons (Fsp3) is 0.429. The van der Waals surface area contributed by atoms with Crippen molar-refractivity contribution in [2.75, 3.05) is 13.7 Å². The first-order valence-corrected chi connectivity index (χ1v) is 7.11. The number of rotatable bonds is 6. The molecule has 0 fully saturated rings. The van der Waals surface area contributed by atoms with Gasteiger partial charge in [0, 0.05) is 11.0 Å². The van der Waals surface area contributed by atoms with Crippen molar-refractivity contribution in [1.29, 1.82) is 0 Å². The highest BCUT2D eigenvalue weighted by Crippen LogP contribution is 2.23. The highest BCUT2D eigenvalue weighted by atomic mass is 79.9. The van der Waals surface area contributed by atoms with Gasteiger partial charge in [0.2, 0.25) is 0 Å². The summed E-state index contributed by atoms with van der Waals surface area (Å²) < 4.78 is 10.8. The van der Waals surface area contributed by atoms with Crippen LogP contribution in [-0.4, -0.2) is 31.6 Å². The number of hydrogen-bond acceptors (Lipinski definition) is 4. The van der Waals surface area contributed by atoms with E-state index in [-0.39, 0.29) is 5.91 Å². The van der Waals surface area contributed by atoms with Crippen molar-refractivity contribution < 1.29 is 19.1 Å². The van der Waals surface area contributed by atoms with E-state index in [1.165, 1.54) is 14.0 Å². The van der Waals surface area contributed by atoms with Crippen molar-refractivity contribution in [2.24, 2.45) is 0 Å². The lowest BCUT2D eigenvalue weighted by Crippen LogP contribution is -2.36. The molecule has 1 aromatic rings. The average molecular weight is 344 g/mol. The topological polar surface area (TPSA) is 64.6 Å². The number of hydrogen-bond donors (Lipinski definition) is 1. The minimum absolute atomic E-state index is 0.306. The smallest absolute Gasteiger partial charge is 0.340 e. The van der Waals surface area contributed by atoms with E-state index in [2.05, 4.69) is 21.2 Å². The minimum Gasteiger partial charge on any atom is -0.497 e. The number of carbonyl (C=O) groups excluding carboxylic acids is 2. The van der Waals surface area contributed by atoms with Gasteiger partial charge in [0.25, 0.3) is 5.91 Å². The van der Waals surface area contributed by atoms with Crippen LogP contribution in [0.25, 0.3) is 0 Å². The predicted octanol–water partition coefficient (Wildman–Crippen LogP) is 2.53. The predicted molar refractivity (Wildman–Crippen MR) is 78.9 cm³/mol. The van der Waals surface area contributed by atoms with E-state index in [1.807, 2.05) is 6.92 Å². The number of methoxy groups -OCH3 is 1. The SMILES string of the molecule is CCCNC(=O)[C@H](C)OC(=O)c1cc(OC)ccc1Br. The minimum atomic E-state index is -0.841. The Balaban J connectivity index is 2.73. The van der Waals surface area contributed by atoms with Gasteiger partial charge in [0.05, 0.1) is 12.7 Å². The molecule has 0 bridgehead atoms. The molecule has 1 rings (SSSR count). The molecular weight excluding hydrogens is 326 g/mol. The number of ether oxygens (including phenoxy) is 2. The van der Waals surface area contributed by atoms with Crippen LogP contribution in [0.2, 0.25) is 0 Å². The van der Waals surface area contributed by atoms with E-state index >= 15 is 0 Å². The fourth-order valence-corrected chi connectivity index (χ4v) is 1.87. The quantitative estimate of drug-likeness (QED) is 0.806. The second kappa shape index (κ2) is 7.89. The summed E-state index contributed by atoms with van der Waals surface area (Å²) in [5, 5.41) is 2.67. The molecule has 1 amide bonds. The van der Waals surface area contributed by atoms with Gasteiger partial charge in [-0.15, -0.1) is 0 Å². The highest BCUT2D eigenvalue weighted by molar-refractivity contribution is 9.10. The van der Waals surface area contributed by atoms with Crippen LogP contribution in [0.3, 0.4) is 0 Å². The van der Waals surface area contributed by atoms with E-state index in [4.69, 9.17) is 9.47 Å². The lowest BCUT2D eigenvalue weighted by Gasteiger charge is -2.14. The Morgan fingerprint density at radius 3 is 2.70 bits per heavy atom. The highest BCUT2D eigenvalue weighted by Gasteiger charge is 2.20. The van der Waals surface area contributed by atoms with E-state index in [0.717, 1.165) is 6.42 Å². The summed E-state index contributed by atoms with van der Waals surface area (Å²) in [7, 11) is 1.51. The summed E-state index contributed by atoms with van der Waals surface area (Å²) in [6, 6.07) is 4.97. The van der Waals surface area contributed by atoms with Crippen LogP contribution in [0.15, 0.2) is 22.7 Å². The molecule has 0 aliphatic heterocycles. The van der Waals surface area contributed by atoms with Crippen LogP contribution in [0.5, 0.6) is 5.75 Å². The average Bonchev–Trinajstić information content (AvgIpc) is 2.44. The number of carbonyl (C=O) groups is 2. The van der Waals surface area contributed by atoms with Crippen molar-refractivity contribution >= 4 is 27.8 Å². The lowest BCUT2D eigenvalue weighted by molar-refractivity contribution is -0.129. The molecule has 0 unspecified atom stereocenters. The summed E-state index contributed by atoms with van der Waals surface area (Å²) in [4.78, 5) is 23.7. The summed E-state index contributed by atoms with van der Waals surface area (Å²) in [6.45, 7) is 4.05. The molecule has 0 spiro atoms. The Hall–Kier alpha value is -1.56. The van der Waals surface area contributed by atoms with Crippen molar-refractivity contribution in [3.63, 3.8) is 0 Å². The van der Waals surface area contributed by atoms with E-state index < -0.39 is 12.1 Å². The first kappa shape index (κ1) is 16.5. The molecule has 0 aliphatic carbocycles. The van der Waals surface area contributed by atoms with Crippen molar-refractivity contribution in [1.82, 2.24) is 5.32 Å². The largest absolute Gasteiger partial charge is 0.497 e. The molecule has 1 aromatic carbocycles. The van der Waals surface area contributed by atoms with Gasteiger partial charge in [-0.3, -0.25) is 4.79 Å². The van der Waals surface area contributed by atoms with Gasteiger partial charge in [-0.25, -0.2) is 4.79 Å². The summed E-state index contributed by atoms with van der Waals surface area (Å²) in [5.41, 5.74) is 0.319. The molecule has 1 atom stereocenters. The van der Waals surface area contributed by atoms with Gasteiger partial charge in [-0.2, -0.15) is 0 Å². The third-order valence-corrected chi connectivity index (χ3v) is 3.29. The molecule has 0 radical (unpaired) electrons. The third-order valence-electron chi connectivity index (χ3n) is 2.60. The van der Waals surface area contributed by atoms with Crippen molar-refractivity contribution in [3.05, 3.63) is 28.2 Å². The van der Waals surface area contributed by atoms with Gasteiger partial charge >= 0.3 is 5.97 Å². The van der Waals surface area contributed by atoms with E-state index in [0.29, 0.717) is 22.3 Å². The van der Waals surface area contributed by atoms with E-state index in [9.17, 15) is 9.59 Å². The summed E-state index contributed by atoms with van der Waals surface area (Å²) in [5.74, 6) is -0.336. The Labute approximate surface area is 126 Å². The summed E-state index contributed by atoms with van der Waals surface area (Å²) in [6.07, 6.45) is -0.0134. The van der Waals surface area contributed by atoms with Crippen LogP contribution in [0, 0.1) is 0 Å². The Kier molecular flexibility index (Phi) is 6.51. The zero-order valence-electron chi connectivity index (χ0n) is 11.7. The van der Waals surface area contributed by atoms with Gasteiger partial charge in [-0.05, 0) is 47.5 Å². The normalized spacial score (nSPS) is 11.6. The van der Waals surface area contributed by atoms with Crippen LogP contribution >= 0.6 is 15.9 Å². The van der Waals surface area contributed by atoms with Crippen LogP contribution in [-0.2, 0) is 9.53 Å². The number of benzene rings is 1. The molecule has 0 aromatic heterocycles.